The van der Waals surface area contributed by atoms with Gasteiger partial charge in [0.1, 0.15) is 5.52 Å². The van der Waals surface area contributed by atoms with Gasteiger partial charge in [-0.3, -0.25) is 0 Å². The van der Waals surface area contributed by atoms with Crippen molar-refractivity contribution < 1.29 is 9.84 Å². The number of hydrazone groups is 1. The molecular formula is C22H23BrN6O2. The number of nitrogens with one attached hydrogen (secondary N) is 1. The van der Waals surface area contributed by atoms with Crippen molar-refractivity contribution in [1.82, 2.24) is 19.7 Å². The molecule has 0 amide bonds. The molecule has 0 spiro atoms. The Morgan fingerprint density at radius 3 is 2.87 bits per heavy atom. The minimum atomic E-state index is 0.0600. The number of fused-ring (bicyclic) bond motifs is 3. The average molecular weight is 483 g/mol. The van der Waals surface area contributed by atoms with Gasteiger partial charge in [0.15, 0.2) is 17.1 Å². The second-order valence-corrected chi connectivity index (χ2v) is 7.84. The zero-order chi connectivity index (χ0) is 21.8. The Bertz CT molecular complexity index is 1250. The van der Waals surface area contributed by atoms with E-state index in [1.165, 1.54) is 0 Å². The minimum Gasteiger partial charge on any atom is -0.503 e. The van der Waals surface area contributed by atoms with E-state index >= 15 is 0 Å². The highest BCUT2D eigenvalue weighted by molar-refractivity contribution is 9.10. The number of ether oxygens (including phenoxy) is 1. The lowest BCUT2D eigenvalue weighted by atomic mass is 10.2. The summed E-state index contributed by atoms with van der Waals surface area (Å²) in [7, 11) is 0. The van der Waals surface area contributed by atoms with Gasteiger partial charge in [-0.05, 0) is 53.0 Å². The first-order valence-electron chi connectivity index (χ1n) is 10.2. The second-order valence-electron chi connectivity index (χ2n) is 6.98. The number of anilines is 1. The van der Waals surface area contributed by atoms with Crippen LogP contribution in [0.15, 0.2) is 46.0 Å². The van der Waals surface area contributed by atoms with E-state index < -0.39 is 0 Å². The number of hydrogen-bond acceptors (Lipinski definition) is 7. The van der Waals surface area contributed by atoms with Crippen molar-refractivity contribution in [3.63, 3.8) is 0 Å². The molecule has 0 atom stereocenters. The number of rotatable bonds is 8. The molecule has 0 bridgehead atoms. The molecule has 8 nitrogen and oxygen atoms in total. The van der Waals surface area contributed by atoms with Crippen molar-refractivity contribution in [2.75, 3.05) is 12.0 Å². The lowest BCUT2D eigenvalue weighted by Gasteiger charge is -2.08. The fourth-order valence-electron chi connectivity index (χ4n) is 3.39. The number of aromatic hydroxyl groups is 1. The highest BCUT2D eigenvalue weighted by Crippen LogP contribution is 2.35. The summed E-state index contributed by atoms with van der Waals surface area (Å²) in [5, 5.41) is 23.9. The molecule has 0 saturated carbocycles. The number of benzene rings is 2. The van der Waals surface area contributed by atoms with Crippen LogP contribution in [0.4, 0.5) is 5.95 Å². The van der Waals surface area contributed by atoms with Crippen molar-refractivity contribution in [2.45, 2.75) is 33.2 Å². The Morgan fingerprint density at radius 1 is 1.23 bits per heavy atom. The van der Waals surface area contributed by atoms with E-state index in [4.69, 9.17) is 4.74 Å². The van der Waals surface area contributed by atoms with Gasteiger partial charge in [-0.15, -0.1) is 10.2 Å². The van der Waals surface area contributed by atoms with Crippen LogP contribution in [0, 0.1) is 0 Å². The van der Waals surface area contributed by atoms with Crippen molar-refractivity contribution in [3.8, 4) is 11.5 Å². The predicted molar refractivity (Wildman–Crippen MR) is 126 cm³/mol. The van der Waals surface area contributed by atoms with Crippen LogP contribution in [-0.2, 0) is 6.54 Å². The molecule has 0 saturated heterocycles. The summed E-state index contributed by atoms with van der Waals surface area (Å²) < 4.78 is 8.16. The summed E-state index contributed by atoms with van der Waals surface area (Å²) in [4.78, 5) is 4.67. The monoisotopic (exact) mass is 482 g/mol. The summed E-state index contributed by atoms with van der Waals surface area (Å²) in [6.07, 6.45) is 3.75. The number of phenols is 1. The van der Waals surface area contributed by atoms with Crippen molar-refractivity contribution in [3.05, 3.63) is 46.4 Å². The van der Waals surface area contributed by atoms with E-state index in [0.717, 1.165) is 47.0 Å². The number of unbranched alkanes of at least 4 members (excludes halogenated alkanes) is 1. The second kappa shape index (κ2) is 9.30. The van der Waals surface area contributed by atoms with Gasteiger partial charge >= 0.3 is 0 Å². The van der Waals surface area contributed by atoms with Gasteiger partial charge in [-0.2, -0.15) is 10.1 Å². The largest absolute Gasteiger partial charge is 0.503 e. The first-order valence-corrected chi connectivity index (χ1v) is 11.0. The maximum absolute atomic E-state index is 10.0. The average Bonchev–Trinajstić information content (AvgIpc) is 3.09. The number of hydrogen-bond donors (Lipinski definition) is 2. The van der Waals surface area contributed by atoms with E-state index in [9.17, 15) is 5.11 Å². The van der Waals surface area contributed by atoms with Crippen molar-refractivity contribution >= 4 is 50.2 Å². The normalized spacial score (nSPS) is 11.6. The zero-order valence-electron chi connectivity index (χ0n) is 17.3. The lowest BCUT2D eigenvalue weighted by molar-refractivity contribution is 0.317. The van der Waals surface area contributed by atoms with Gasteiger partial charge < -0.3 is 14.4 Å². The number of aryl methyl sites for hydroxylation is 1. The molecule has 0 aliphatic heterocycles. The third-order valence-corrected chi connectivity index (χ3v) is 5.44. The molecule has 9 heteroatoms. The van der Waals surface area contributed by atoms with Crippen LogP contribution < -0.4 is 10.2 Å². The highest BCUT2D eigenvalue weighted by Gasteiger charge is 2.14. The molecule has 2 aromatic carbocycles. The molecular weight excluding hydrogens is 460 g/mol. The summed E-state index contributed by atoms with van der Waals surface area (Å²) in [5.74, 6) is 0.759. The Hall–Kier alpha value is -3.20. The third kappa shape index (κ3) is 4.32. The van der Waals surface area contributed by atoms with Gasteiger partial charge in [0.25, 0.3) is 5.95 Å². The van der Waals surface area contributed by atoms with Crippen molar-refractivity contribution in [2.24, 2.45) is 5.10 Å². The molecule has 0 fully saturated rings. The molecule has 0 radical (unpaired) electrons. The van der Waals surface area contributed by atoms with E-state index in [1.807, 2.05) is 25.1 Å². The van der Waals surface area contributed by atoms with Gasteiger partial charge in [-0.25, -0.2) is 5.43 Å². The molecule has 4 aromatic rings. The standard InChI is InChI=1S/C22H23BrN6O2/c1-3-5-10-29-17-9-7-6-8-15(17)19-21(29)25-22(28-26-19)27-24-13-14-11-16(23)20(30)18(12-14)31-4-2/h6-9,11-13,30H,3-5,10H2,1-2H3,(H,25,27,28)/b24-13+. The van der Waals surface area contributed by atoms with Crippen LogP contribution >= 0.6 is 15.9 Å². The van der Waals surface area contributed by atoms with Gasteiger partial charge in [0.2, 0.25) is 0 Å². The molecule has 4 rings (SSSR count). The number of nitrogens with zero attached hydrogens (tertiary/aromatic N) is 5. The van der Waals surface area contributed by atoms with Gasteiger partial charge in [0.05, 0.1) is 22.8 Å². The molecule has 31 heavy (non-hydrogen) atoms. The Morgan fingerprint density at radius 2 is 2.06 bits per heavy atom. The van der Waals surface area contributed by atoms with E-state index in [0.29, 0.717) is 22.8 Å². The maximum atomic E-state index is 10.0. The Balaban J connectivity index is 1.63. The molecule has 160 valence electrons. The van der Waals surface area contributed by atoms with Crippen LogP contribution in [0.25, 0.3) is 22.1 Å². The lowest BCUT2D eigenvalue weighted by Crippen LogP contribution is -2.03. The first-order chi connectivity index (χ1) is 15.1. The van der Waals surface area contributed by atoms with Crippen LogP contribution in [-0.4, -0.2) is 37.7 Å². The zero-order valence-corrected chi connectivity index (χ0v) is 18.9. The summed E-state index contributed by atoms with van der Waals surface area (Å²) in [6, 6.07) is 11.6. The third-order valence-electron chi connectivity index (χ3n) is 4.84. The van der Waals surface area contributed by atoms with E-state index in [1.54, 1.807) is 18.3 Å². The van der Waals surface area contributed by atoms with E-state index in [2.05, 4.69) is 59.2 Å². The first kappa shape index (κ1) is 21.0. The molecule has 0 aliphatic carbocycles. The molecule has 2 heterocycles. The summed E-state index contributed by atoms with van der Waals surface area (Å²) in [6.45, 7) is 5.34. The van der Waals surface area contributed by atoms with E-state index in [-0.39, 0.29) is 5.75 Å². The fourth-order valence-corrected chi connectivity index (χ4v) is 3.85. The van der Waals surface area contributed by atoms with Crippen LogP contribution in [0.3, 0.4) is 0 Å². The quantitative estimate of drug-likeness (QED) is 0.268. The highest BCUT2D eigenvalue weighted by atomic mass is 79.9. The number of phenolic OH excluding ortho intramolecular Hbond substituents is 1. The molecule has 2 N–H and O–H groups in total. The Labute approximate surface area is 188 Å². The topological polar surface area (TPSA) is 97.5 Å². The number of para-hydroxylation sites is 1. The molecule has 0 aliphatic rings. The SMILES string of the molecule is CCCCn1c2ccccc2c2nnc(N/N=C/c3cc(Br)c(O)c(OCC)c3)nc21. The number of halogens is 1. The van der Waals surface area contributed by atoms with Crippen LogP contribution in [0.5, 0.6) is 11.5 Å². The van der Waals surface area contributed by atoms with Gasteiger partial charge in [0, 0.05) is 11.9 Å². The summed E-state index contributed by atoms with van der Waals surface area (Å²) >= 11 is 3.33. The molecule has 2 aromatic heterocycles. The predicted octanol–water partition coefficient (Wildman–Crippen LogP) is 5.09. The smallest absolute Gasteiger partial charge is 0.265 e. The number of aromatic nitrogens is 4. The van der Waals surface area contributed by atoms with Crippen molar-refractivity contribution in [1.29, 1.82) is 0 Å². The maximum Gasteiger partial charge on any atom is 0.265 e. The van der Waals surface area contributed by atoms with Gasteiger partial charge in [-0.1, -0.05) is 31.5 Å². The Kier molecular flexibility index (Phi) is 6.31. The van der Waals surface area contributed by atoms with Crippen LogP contribution in [0.2, 0.25) is 0 Å². The van der Waals surface area contributed by atoms with Crippen LogP contribution in [0.1, 0.15) is 32.3 Å². The molecule has 0 unspecified atom stereocenters. The minimum absolute atomic E-state index is 0.0600. The summed E-state index contributed by atoms with van der Waals surface area (Å²) in [5.41, 5.74) is 6.26. The fraction of sp³-hybridized carbons (Fsp3) is 0.273.